The Kier molecular flexibility index (Phi) is 5.43. The second kappa shape index (κ2) is 6.61. The summed E-state index contributed by atoms with van der Waals surface area (Å²) in [5.41, 5.74) is 0. The third-order valence-corrected chi connectivity index (χ3v) is 2.92. The van der Waals surface area contributed by atoms with Crippen LogP contribution in [0.1, 0.15) is 19.7 Å². The smallest absolute Gasteiger partial charge is 0.323 e. The topological polar surface area (TPSA) is 79.9 Å². The van der Waals surface area contributed by atoms with E-state index in [0.29, 0.717) is 10.9 Å². The molecule has 0 aliphatic rings. The van der Waals surface area contributed by atoms with Crippen molar-refractivity contribution in [2.75, 3.05) is 12.9 Å². The van der Waals surface area contributed by atoms with E-state index in [4.69, 9.17) is 4.74 Å². The number of thioether (sulfide) groups is 1. The lowest BCUT2D eigenvalue weighted by Crippen LogP contribution is -2.43. The number of esters is 1. The van der Waals surface area contributed by atoms with Gasteiger partial charge in [0.05, 0.1) is 7.11 Å². The van der Waals surface area contributed by atoms with Gasteiger partial charge in [0.1, 0.15) is 11.9 Å². The van der Waals surface area contributed by atoms with E-state index in [2.05, 4.69) is 20.5 Å². The van der Waals surface area contributed by atoms with Crippen LogP contribution in [0.25, 0.3) is 0 Å². The maximum absolute atomic E-state index is 11.5. The summed E-state index contributed by atoms with van der Waals surface area (Å²) in [4.78, 5) is 15.7. The normalized spacial score (nSPS) is 12.8. The maximum atomic E-state index is 11.5. The van der Waals surface area contributed by atoms with Gasteiger partial charge in [-0.3, -0.25) is 9.89 Å². The molecular weight excluding hydrogens is 240 g/mol. The lowest BCUT2D eigenvalue weighted by atomic mass is 10.3. The molecule has 7 heteroatoms. The van der Waals surface area contributed by atoms with E-state index in [1.165, 1.54) is 18.9 Å². The zero-order chi connectivity index (χ0) is 12.8. The van der Waals surface area contributed by atoms with Gasteiger partial charge in [0, 0.05) is 11.8 Å². The van der Waals surface area contributed by atoms with Gasteiger partial charge < -0.3 is 10.1 Å². The monoisotopic (exact) mass is 258 g/mol. The molecule has 0 bridgehead atoms. The minimum absolute atomic E-state index is 0.216. The van der Waals surface area contributed by atoms with Crippen LogP contribution in [0.5, 0.6) is 0 Å². The molecule has 6 nitrogen and oxygen atoms in total. The van der Waals surface area contributed by atoms with Crippen molar-refractivity contribution in [1.82, 2.24) is 20.5 Å². The Labute approximate surface area is 105 Å². The van der Waals surface area contributed by atoms with E-state index in [1.54, 1.807) is 0 Å². The minimum atomic E-state index is -0.344. The first-order valence-electron chi connectivity index (χ1n) is 5.38. The van der Waals surface area contributed by atoms with Crippen LogP contribution < -0.4 is 5.32 Å². The van der Waals surface area contributed by atoms with E-state index in [1.807, 2.05) is 20.8 Å². The summed E-state index contributed by atoms with van der Waals surface area (Å²) in [5, 5.41) is 10.5. The predicted octanol–water partition coefficient (Wildman–Crippen LogP) is 0.745. The van der Waals surface area contributed by atoms with Crippen molar-refractivity contribution in [1.29, 1.82) is 0 Å². The van der Waals surface area contributed by atoms with E-state index < -0.39 is 0 Å². The van der Waals surface area contributed by atoms with E-state index in [-0.39, 0.29) is 18.1 Å². The molecule has 17 heavy (non-hydrogen) atoms. The number of methoxy groups -OCH3 is 1. The van der Waals surface area contributed by atoms with Crippen LogP contribution in [-0.4, -0.2) is 46.1 Å². The Morgan fingerprint density at radius 2 is 2.29 bits per heavy atom. The van der Waals surface area contributed by atoms with Crippen LogP contribution in [0.3, 0.4) is 0 Å². The molecule has 1 aromatic heterocycles. The summed E-state index contributed by atoms with van der Waals surface area (Å²) in [6.45, 7) is 5.80. The van der Waals surface area contributed by atoms with Crippen LogP contribution in [0.15, 0.2) is 5.16 Å². The summed E-state index contributed by atoms with van der Waals surface area (Å²) in [7, 11) is 1.39. The summed E-state index contributed by atoms with van der Waals surface area (Å²) in [6, 6.07) is -0.127. The third-order valence-electron chi connectivity index (χ3n) is 1.98. The Morgan fingerprint density at radius 1 is 1.59 bits per heavy atom. The van der Waals surface area contributed by atoms with Crippen molar-refractivity contribution in [3.8, 4) is 0 Å². The number of hydrogen-bond donors (Lipinski definition) is 2. The SMILES string of the molecule is COC(=O)C(CSc1n[nH]c(C)n1)NC(C)C. The van der Waals surface area contributed by atoms with Gasteiger partial charge in [-0.2, -0.15) is 0 Å². The number of rotatable bonds is 6. The molecule has 0 radical (unpaired) electrons. The van der Waals surface area contributed by atoms with Gasteiger partial charge in [-0.15, -0.1) is 5.10 Å². The van der Waals surface area contributed by atoms with Crippen LogP contribution >= 0.6 is 11.8 Å². The van der Waals surface area contributed by atoms with Crippen molar-refractivity contribution in [2.24, 2.45) is 0 Å². The fraction of sp³-hybridized carbons (Fsp3) is 0.700. The standard InChI is InChI=1S/C10H18N4O2S/c1-6(2)11-8(9(15)16-4)5-17-10-12-7(3)13-14-10/h6,8,11H,5H2,1-4H3,(H,12,13,14). The molecule has 1 aromatic rings. The van der Waals surface area contributed by atoms with Crippen molar-refractivity contribution in [2.45, 2.75) is 38.0 Å². The zero-order valence-corrected chi connectivity index (χ0v) is 11.3. The first kappa shape index (κ1) is 14.0. The van der Waals surface area contributed by atoms with Crippen molar-refractivity contribution in [3.05, 3.63) is 5.82 Å². The van der Waals surface area contributed by atoms with Gasteiger partial charge in [-0.05, 0) is 6.92 Å². The average Bonchev–Trinajstić information content (AvgIpc) is 2.68. The molecule has 0 fully saturated rings. The second-order valence-corrected chi connectivity index (χ2v) is 4.90. The van der Waals surface area contributed by atoms with Crippen LogP contribution in [0.2, 0.25) is 0 Å². The number of nitrogens with one attached hydrogen (secondary N) is 2. The Bertz CT molecular complexity index is 367. The van der Waals surface area contributed by atoms with Gasteiger partial charge in [-0.1, -0.05) is 25.6 Å². The van der Waals surface area contributed by atoms with Gasteiger partial charge in [0.15, 0.2) is 0 Å². The number of hydrogen-bond acceptors (Lipinski definition) is 6. The zero-order valence-electron chi connectivity index (χ0n) is 10.5. The maximum Gasteiger partial charge on any atom is 0.323 e. The molecule has 1 heterocycles. The fourth-order valence-electron chi connectivity index (χ4n) is 1.27. The molecule has 0 spiro atoms. The number of ether oxygens (including phenoxy) is 1. The molecule has 1 atom stereocenters. The number of carbonyl (C=O) groups is 1. The molecule has 0 aliphatic carbocycles. The molecule has 0 saturated heterocycles. The molecule has 0 aliphatic heterocycles. The number of nitrogens with zero attached hydrogens (tertiary/aromatic N) is 2. The van der Waals surface area contributed by atoms with Crippen LogP contribution in [0, 0.1) is 6.92 Å². The number of aryl methyl sites for hydroxylation is 1. The third kappa shape index (κ3) is 4.74. The molecule has 1 unspecified atom stereocenters. The molecule has 1 rings (SSSR count). The minimum Gasteiger partial charge on any atom is -0.468 e. The molecule has 2 N–H and O–H groups in total. The molecule has 0 saturated carbocycles. The highest BCUT2D eigenvalue weighted by Gasteiger charge is 2.20. The molecule has 96 valence electrons. The second-order valence-electron chi connectivity index (χ2n) is 3.91. The van der Waals surface area contributed by atoms with Gasteiger partial charge in [0.2, 0.25) is 5.16 Å². The predicted molar refractivity (Wildman–Crippen MR) is 65.9 cm³/mol. The highest BCUT2D eigenvalue weighted by Crippen LogP contribution is 2.14. The average molecular weight is 258 g/mol. The summed E-state index contributed by atoms with van der Waals surface area (Å²) < 4.78 is 4.74. The van der Waals surface area contributed by atoms with E-state index >= 15 is 0 Å². The van der Waals surface area contributed by atoms with Gasteiger partial charge >= 0.3 is 5.97 Å². The van der Waals surface area contributed by atoms with E-state index in [9.17, 15) is 4.79 Å². The number of carbonyl (C=O) groups excluding carboxylic acids is 1. The summed E-state index contributed by atoms with van der Waals surface area (Å²) >= 11 is 1.42. The number of H-pyrrole nitrogens is 1. The Balaban J connectivity index is 2.51. The molecular formula is C10H18N4O2S. The Morgan fingerprint density at radius 3 is 2.76 bits per heavy atom. The highest BCUT2D eigenvalue weighted by atomic mass is 32.2. The van der Waals surface area contributed by atoms with Crippen molar-refractivity contribution >= 4 is 17.7 Å². The number of aromatic nitrogens is 3. The van der Waals surface area contributed by atoms with Gasteiger partial charge in [-0.25, -0.2) is 4.98 Å². The molecule has 0 aromatic carbocycles. The highest BCUT2D eigenvalue weighted by molar-refractivity contribution is 7.99. The Hall–Kier alpha value is -1.08. The van der Waals surface area contributed by atoms with Crippen LogP contribution in [-0.2, 0) is 9.53 Å². The van der Waals surface area contributed by atoms with E-state index in [0.717, 1.165) is 5.82 Å². The quantitative estimate of drug-likeness (QED) is 0.579. The largest absolute Gasteiger partial charge is 0.468 e. The van der Waals surface area contributed by atoms with Gasteiger partial charge in [0.25, 0.3) is 0 Å². The summed E-state index contributed by atoms with van der Waals surface area (Å²) in [6.07, 6.45) is 0. The lowest BCUT2D eigenvalue weighted by molar-refractivity contribution is -0.142. The van der Waals surface area contributed by atoms with Crippen LogP contribution in [0.4, 0.5) is 0 Å². The van der Waals surface area contributed by atoms with Crippen molar-refractivity contribution < 1.29 is 9.53 Å². The first-order chi connectivity index (χ1) is 8.02. The first-order valence-corrected chi connectivity index (χ1v) is 6.37. The molecule has 0 amide bonds. The summed E-state index contributed by atoms with van der Waals surface area (Å²) in [5.74, 6) is 1.04. The van der Waals surface area contributed by atoms with Crippen molar-refractivity contribution in [3.63, 3.8) is 0 Å². The lowest BCUT2D eigenvalue weighted by Gasteiger charge is -2.17. The number of aromatic amines is 1. The fourth-order valence-corrected chi connectivity index (χ4v) is 2.13.